The van der Waals surface area contributed by atoms with E-state index >= 15 is 0 Å². The molecular formula is C16H32N. The van der Waals surface area contributed by atoms with E-state index in [4.69, 9.17) is 5.32 Å². The molecule has 1 rings (SSSR count). The topological polar surface area (TPSA) is 14.1 Å². The van der Waals surface area contributed by atoms with E-state index in [1.165, 1.54) is 77.0 Å². The average molecular weight is 238 g/mol. The molecule has 0 aromatic heterocycles. The molecule has 1 saturated carbocycles. The normalized spacial score (nSPS) is 18.0. The van der Waals surface area contributed by atoms with Crippen molar-refractivity contribution < 1.29 is 0 Å². The summed E-state index contributed by atoms with van der Waals surface area (Å²) in [6, 6.07) is 0. The molecular weight excluding hydrogens is 206 g/mol. The molecule has 0 N–H and O–H groups in total. The molecule has 0 saturated heterocycles. The van der Waals surface area contributed by atoms with Gasteiger partial charge in [-0.1, -0.05) is 65.2 Å². The summed E-state index contributed by atoms with van der Waals surface area (Å²) in [5, 5.41) is 4.82. The lowest BCUT2D eigenvalue weighted by Crippen LogP contribution is -2.46. The Labute approximate surface area is 109 Å². The van der Waals surface area contributed by atoms with E-state index in [0.717, 1.165) is 6.54 Å². The van der Waals surface area contributed by atoms with Crippen LogP contribution in [0.2, 0.25) is 0 Å². The summed E-state index contributed by atoms with van der Waals surface area (Å²) < 4.78 is 0. The molecule has 1 fully saturated rings. The van der Waals surface area contributed by atoms with E-state index in [0.29, 0.717) is 5.54 Å². The maximum atomic E-state index is 4.82. The minimum absolute atomic E-state index is 0.441. The lowest BCUT2D eigenvalue weighted by Gasteiger charge is -2.41. The van der Waals surface area contributed by atoms with Crippen molar-refractivity contribution in [2.75, 3.05) is 6.54 Å². The molecule has 0 bridgehead atoms. The second-order valence-electron chi connectivity index (χ2n) is 5.78. The fourth-order valence-corrected chi connectivity index (χ4v) is 3.00. The quantitative estimate of drug-likeness (QED) is 0.446. The van der Waals surface area contributed by atoms with Gasteiger partial charge in [0, 0.05) is 12.1 Å². The van der Waals surface area contributed by atoms with E-state index in [1.54, 1.807) is 0 Å². The highest BCUT2D eigenvalue weighted by atomic mass is 15.0. The lowest BCUT2D eigenvalue weighted by atomic mass is 9.73. The first-order chi connectivity index (χ1) is 8.33. The number of unbranched alkanes of at least 4 members (excludes halogenated alkanes) is 7. The molecule has 0 aliphatic heterocycles. The van der Waals surface area contributed by atoms with Crippen LogP contribution in [-0.4, -0.2) is 12.1 Å². The minimum Gasteiger partial charge on any atom is -0.235 e. The maximum absolute atomic E-state index is 4.82. The Bertz CT molecular complexity index is 172. The largest absolute Gasteiger partial charge is 0.235 e. The first-order valence-electron chi connectivity index (χ1n) is 8.01. The molecule has 1 aliphatic carbocycles. The number of hydrogen-bond donors (Lipinski definition) is 0. The van der Waals surface area contributed by atoms with Gasteiger partial charge < -0.3 is 0 Å². The predicted molar refractivity (Wildman–Crippen MR) is 76.5 cm³/mol. The first-order valence-corrected chi connectivity index (χ1v) is 8.01. The van der Waals surface area contributed by atoms with E-state index in [2.05, 4.69) is 13.8 Å². The van der Waals surface area contributed by atoms with Crippen molar-refractivity contribution in [1.29, 1.82) is 0 Å². The Hall–Kier alpha value is -0.0400. The zero-order valence-corrected chi connectivity index (χ0v) is 12.1. The standard InChI is InChI=1S/C16H32N/c1-3-5-6-7-8-9-10-11-13-16(17-4-2)14-12-15-16/h3-15H2,1-2H3. The highest BCUT2D eigenvalue weighted by molar-refractivity contribution is 4.94. The number of nitrogens with zero attached hydrogens (tertiary/aromatic N) is 1. The van der Waals surface area contributed by atoms with Crippen LogP contribution in [0.3, 0.4) is 0 Å². The van der Waals surface area contributed by atoms with E-state index in [9.17, 15) is 0 Å². The van der Waals surface area contributed by atoms with Gasteiger partial charge in [-0.3, -0.25) is 0 Å². The fourth-order valence-electron chi connectivity index (χ4n) is 3.00. The summed E-state index contributed by atoms with van der Waals surface area (Å²) in [6.45, 7) is 5.50. The van der Waals surface area contributed by atoms with Crippen molar-refractivity contribution in [3.63, 3.8) is 0 Å². The lowest BCUT2D eigenvalue weighted by molar-refractivity contribution is 0.163. The fraction of sp³-hybridized carbons (Fsp3) is 1.00. The Morgan fingerprint density at radius 2 is 1.41 bits per heavy atom. The molecule has 1 nitrogen and oxygen atoms in total. The van der Waals surface area contributed by atoms with Gasteiger partial charge in [-0.25, -0.2) is 5.32 Å². The molecule has 0 heterocycles. The zero-order valence-electron chi connectivity index (χ0n) is 12.1. The van der Waals surface area contributed by atoms with Crippen LogP contribution >= 0.6 is 0 Å². The Kier molecular flexibility index (Phi) is 7.92. The number of rotatable bonds is 11. The van der Waals surface area contributed by atoms with Gasteiger partial charge in [0.15, 0.2) is 0 Å². The molecule has 0 atom stereocenters. The molecule has 101 valence electrons. The van der Waals surface area contributed by atoms with E-state index in [1.807, 2.05) is 0 Å². The van der Waals surface area contributed by atoms with Crippen LogP contribution in [-0.2, 0) is 0 Å². The molecule has 1 radical (unpaired) electrons. The van der Waals surface area contributed by atoms with Gasteiger partial charge >= 0.3 is 0 Å². The van der Waals surface area contributed by atoms with Crippen molar-refractivity contribution in [2.24, 2.45) is 0 Å². The van der Waals surface area contributed by atoms with Crippen molar-refractivity contribution in [3.05, 3.63) is 0 Å². The van der Waals surface area contributed by atoms with Crippen LogP contribution < -0.4 is 5.32 Å². The average Bonchev–Trinajstić information content (AvgIpc) is 2.29. The second kappa shape index (κ2) is 8.97. The molecule has 0 aromatic rings. The maximum Gasteiger partial charge on any atom is 0.0356 e. The van der Waals surface area contributed by atoms with Gasteiger partial charge in [-0.05, 0) is 25.7 Å². The number of hydrogen-bond acceptors (Lipinski definition) is 0. The van der Waals surface area contributed by atoms with Gasteiger partial charge in [0.25, 0.3) is 0 Å². The Morgan fingerprint density at radius 3 is 1.88 bits per heavy atom. The van der Waals surface area contributed by atoms with Crippen molar-refractivity contribution in [2.45, 2.75) is 96.4 Å². The summed E-state index contributed by atoms with van der Waals surface area (Å²) in [4.78, 5) is 0. The van der Waals surface area contributed by atoms with Gasteiger partial charge in [0.2, 0.25) is 0 Å². The van der Waals surface area contributed by atoms with Gasteiger partial charge in [0.05, 0.1) is 0 Å². The van der Waals surface area contributed by atoms with Crippen molar-refractivity contribution in [3.8, 4) is 0 Å². The van der Waals surface area contributed by atoms with E-state index in [-0.39, 0.29) is 0 Å². The highest BCUT2D eigenvalue weighted by Crippen LogP contribution is 2.37. The van der Waals surface area contributed by atoms with Gasteiger partial charge in [0.1, 0.15) is 0 Å². The Balaban J connectivity index is 1.89. The summed E-state index contributed by atoms with van der Waals surface area (Å²) in [5.74, 6) is 0. The monoisotopic (exact) mass is 238 g/mol. The first kappa shape index (κ1) is 15.0. The third kappa shape index (κ3) is 5.90. The Morgan fingerprint density at radius 1 is 0.824 bits per heavy atom. The molecule has 0 spiro atoms. The minimum atomic E-state index is 0.441. The smallest absolute Gasteiger partial charge is 0.0356 e. The third-order valence-corrected chi connectivity index (χ3v) is 4.27. The van der Waals surface area contributed by atoms with Gasteiger partial charge in [-0.15, -0.1) is 0 Å². The van der Waals surface area contributed by atoms with Crippen LogP contribution in [0.4, 0.5) is 0 Å². The summed E-state index contributed by atoms with van der Waals surface area (Å²) in [6.07, 6.45) is 17.0. The molecule has 0 aromatic carbocycles. The van der Waals surface area contributed by atoms with Crippen molar-refractivity contribution in [1.82, 2.24) is 5.32 Å². The highest BCUT2D eigenvalue weighted by Gasteiger charge is 2.36. The van der Waals surface area contributed by atoms with Crippen molar-refractivity contribution >= 4 is 0 Å². The van der Waals surface area contributed by atoms with Crippen LogP contribution in [0.15, 0.2) is 0 Å². The summed E-state index contributed by atoms with van der Waals surface area (Å²) in [7, 11) is 0. The van der Waals surface area contributed by atoms with Gasteiger partial charge in [-0.2, -0.15) is 0 Å². The third-order valence-electron chi connectivity index (χ3n) is 4.27. The molecule has 0 unspecified atom stereocenters. The van der Waals surface area contributed by atoms with E-state index < -0.39 is 0 Å². The van der Waals surface area contributed by atoms with Crippen LogP contribution in [0.5, 0.6) is 0 Å². The SMILES string of the molecule is CCCCCCCCCCC1([N]CC)CCC1. The second-order valence-corrected chi connectivity index (χ2v) is 5.78. The molecule has 1 aliphatic rings. The van der Waals surface area contributed by atoms with Crippen LogP contribution in [0.1, 0.15) is 90.9 Å². The predicted octanol–water partition coefficient (Wildman–Crippen LogP) is 5.06. The molecule has 1 heteroatoms. The molecule has 17 heavy (non-hydrogen) atoms. The summed E-state index contributed by atoms with van der Waals surface area (Å²) in [5.41, 5.74) is 0.441. The van der Waals surface area contributed by atoms with Crippen LogP contribution in [0, 0.1) is 0 Å². The molecule has 0 amide bonds. The van der Waals surface area contributed by atoms with Crippen LogP contribution in [0.25, 0.3) is 0 Å². The zero-order chi connectivity index (χ0) is 12.4. The summed E-state index contributed by atoms with van der Waals surface area (Å²) >= 11 is 0.